The summed E-state index contributed by atoms with van der Waals surface area (Å²) in [6.45, 7) is 10.9. The Kier molecular flexibility index (Phi) is 7.72. The predicted octanol–water partition coefficient (Wildman–Crippen LogP) is 1.31. The summed E-state index contributed by atoms with van der Waals surface area (Å²) in [5.41, 5.74) is 6.99. The van der Waals surface area contributed by atoms with Crippen LogP contribution in [0, 0.1) is 0 Å². The average Bonchev–Trinajstić information content (AvgIpc) is 2.39. The maximum Gasteiger partial charge on any atom is 0.168 e. The molecule has 0 fully saturated rings. The van der Waals surface area contributed by atoms with E-state index in [0.717, 1.165) is 5.56 Å². The molecule has 0 saturated heterocycles. The van der Waals surface area contributed by atoms with Crippen LogP contribution in [0.15, 0.2) is 32.1 Å². The van der Waals surface area contributed by atoms with E-state index in [0.29, 0.717) is 18.1 Å². The standard InChI is InChI=1S/C8H9N3.C5H9NO/c1-3-6-7(4-2)10-5-11-8(6)9;1-3-5(7)4-6-2/h3-5H,1-2H2,(H2,9,10,11);3,6H,1,4H2,2H3. The van der Waals surface area contributed by atoms with Gasteiger partial charge in [0.25, 0.3) is 0 Å². The van der Waals surface area contributed by atoms with Gasteiger partial charge in [-0.1, -0.05) is 25.8 Å². The Morgan fingerprint density at radius 1 is 1.39 bits per heavy atom. The first kappa shape index (κ1) is 15.7. The molecular formula is C13H18N4O. The number of aromatic nitrogens is 2. The van der Waals surface area contributed by atoms with Crippen molar-refractivity contribution in [3.8, 4) is 0 Å². The van der Waals surface area contributed by atoms with Crippen molar-refractivity contribution >= 4 is 23.8 Å². The van der Waals surface area contributed by atoms with Crippen molar-refractivity contribution in [2.45, 2.75) is 0 Å². The summed E-state index contributed by atoms with van der Waals surface area (Å²) in [5, 5.41) is 2.70. The fourth-order valence-electron chi connectivity index (χ4n) is 1.04. The smallest absolute Gasteiger partial charge is 0.168 e. The highest BCUT2D eigenvalue weighted by Crippen LogP contribution is 2.13. The average molecular weight is 246 g/mol. The first-order valence-electron chi connectivity index (χ1n) is 5.25. The van der Waals surface area contributed by atoms with Crippen molar-refractivity contribution in [1.29, 1.82) is 0 Å². The number of nitrogen functional groups attached to an aromatic ring is 1. The van der Waals surface area contributed by atoms with Crippen molar-refractivity contribution in [2.24, 2.45) is 0 Å². The summed E-state index contributed by atoms with van der Waals surface area (Å²) in [7, 11) is 1.72. The zero-order valence-corrected chi connectivity index (χ0v) is 10.5. The molecule has 18 heavy (non-hydrogen) atoms. The summed E-state index contributed by atoms with van der Waals surface area (Å²) in [4.78, 5) is 18.0. The lowest BCUT2D eigenvalue weighted by Gasteiger charge is -2.00. The molecule has 0 aliphatic heterocycles. The van der Waals surface area contributed by atoms with E-state index in [9.17, 15) is 4.79 Å². The number of ketones is 1. The highest BCUT2D eigenvalue weighted by molar-refractivity contribution is 5.90. The molecule has 0 saturated carbocycles. The fraction of sp³-hybridized carbons (Fsp3) is 0.154. The van der Waals surface area contributed by atoms with E-state index in [4.69, 9.17) is 5.73 Å². The zero-order chi connectivity index (χ0) is 14.0. The molecule has 0 bridgehead atoms. The van der Waals surface area contributed by atoms with Crippen LogP contribution in [0.1, 0.15) is 11.3 Å². The molecule has 0 spiro atoms. The summed E-state index contributed by atoms with van der Waals surface area (Å²) in [6, 6.07) is 0. The third-order valence-electron chi connectivity index (χ3n) is 1.92. The van der Waals surface area contributed by atoms with Crippen molar-refractivity contribution in [3.63, 3.8) is 0 Å². The summed E-state index contributed by atoms with van der Waals surface area (Å²) >= 11 is 0. The second-order valence-electron chi connectivity index (χ2n) is 3.17. The van der Waals surface area contributed by atoms with Crippen LogP contribution in [-0.4, -0.2) is 29.3 Å². The number of anilines is 1. The van der Waals surface area contributed by atoms with Gasteiger partial charge in [-0.25, -0.2) is 9.97 Å². The molecule has 5 nitrogen and oxygen atoms in total. The summed E-state index contributed by atoms with van der Waals surface area (Å²) in [6.07, 6.45) is 5.94. The highest BCUT2D eigenvalue weighted by atomic mass is 16.1. The first-order chi connectivity index (χ1) is 8.60. The minimum absolute atomic E-state index is 0.0301. The second-order valence-corrected chi connectivity index (χ2v) is 3.17. The number of hydrogen-bond donors (Lipinski definition) is 2. The van der Waals surface area contributed by atoms with Crippen LogP contribution in [0.5, 0.6) is 0 Å². The van der Waals surface area contributed by atoms with Gasteiger partial charge >= 0.3 is 0 Å². The van der Waals surface area contributed by atoms with Gasteiger partial charge in [0, 0.05) is 5.56 Å². The van der Waals surface area contributed by atoms with Crippen LogP contribution >= 0.6 is 0 Å². The third-order valence-corrected chi connectivity index (χ3v) is 1.92. The van der Waals surface area contributed by atoms with E-state index in [2.05, 4.69) is 35.0 Å². The highest BCUT2D eigenvalue weighted by Gasteiger charge is 2.00. The van der Waals surface area contributed by atoms with E-state index in [1.165, 1.54) is 12.4 Å². The van der Waals surface area contributed by atoms with Crippen LogP contribution in [0.4, 0.5) is 5.82 Å². The topological polar surface area (TPSA) is 80.9 Å². The Bertz CT molecular complexity index is 441. The van der Waals surface area contributed by atoms with Crippen LogP contribution in [0.3, 0.4) is 0 Å². The molecular weight excluding hydrogens is 228 g/mol. The zero-order valence-electron chi connectivity index (χ0n) is 10.5. The van der Waals surface area contributed by atoms with Gasteiger partial charge in [0.1, 0.15) is 12.1 Å². The largest absolute Gasteiger partial charge is 0.383 e. The van der Waals surface area contributed by atoms with E-state index >= 15 is 0 Å². The number of likely N-dealkylation sites (N-methyl/N-ethyl adjacent to an activating group) is 1. The van der Waals surface area contributed by atoms with Gasteiger partial charge in [-0.05, 0) is 19.2 Å². The minimum atomic E-state index is 0.0301. The Labute approximate surface area is 107 Å². The molecule has 96 valence electrons. The molecule has 0 aliphatic rings. The lowest BCUT2D eigenvalue weighted by Crippen LogP contribution is -2.15. The lowest BCUT2D eigenvalue weighted by molar-refractivity contribution is -0.113. The maximum absolute atomic E-state index is 10.2. The Hall–Kier alpha value is -2.27. The van der Waals surface area contributed by atoms with E-state index in [1.54, 1.807) is 19.2 Å². The van der Waals surface area contributed by atoms with Crippen LogP contribution in [-0.2, 0) is 4.79 Å². The molecule has 0 aromatic carbocycles. The molecule has 0 unspecified atom stereocenters. The lowest BCUT2D eigenvalue weighted by atomic mass is 10.2. The SMILES string of the molecule is C=CC(=O)CNC.C=Cc1ncnc(N)c1C=C. The van der Waals surface area contributed by atoms with Gasteiger partial charge in [-0.15, -0.1) is 0 Å². The minimum Gasteiger partial charge on any atom is -0.383 e. The van der Waals surface area contributed by atoms with Crippen LogP contribution in [0.25, 0.3) is 12.2 Å². The molecule has 3 N–H and O–H groups in total. The Morgan fingerprint density at radius 2 is 2.06 bits per heavy atom. The molecule has 1 aromatic heterocycles. The molecule has 1 heterocycles. The van der Waals surface area contributed by atoms with Crippen molar-refractivity contribution in [1.82, 2.24) is 15.3 Å². The number of rotatable bonds is 5. The van der Waals surface area contributed by atoms with Crippen LogP contribution in [0.2, 0.25) is 0 Å². The summed E-state index contributed by atoms with van der Waals surface area (Å²) in [5.74, 6) is 0.465. The number of nitrogens with zero attached hydrogens (tertiary/aromatic N) is 2. The number of hydrogen-bond acceptors (Lipinski definition) is 5. The molecule has 0 atom stereocenters. The fourth-order valence-corrected chi connectivity index (χ4v) is 1.04. The predicted molar refractivity (Wildman–Crippen MR) is 75.8 cm³/mol. The summed E-state index contributed by atoms with van der Waals surface area (Å²) < 4.78 is 0. The van der Waals surface area contributed by atoms with E-state index < -0.39 is 0 Å². The number of carbonyl (C=O) groups is 1. The normalized spacial score (nSPS) is 8.72. The Morgan fingerprint density at radius 3 is 2.39 bits per heavy atom. The monoisotopic (exact) mass is 246 g/mol. The van der Waals surface area contributed by atoms with Gasteiger partial charge < -0.3 is 11.1 Å². The van der Waals surface area contributed by atoms with Gasteiger partial charge in [0.2, 0.25) is 0 Å². The van der Waals surface area contributed by atoms with E-state index in [-0.39, 0.29) is 5.78 Å². The quantitative estimate of drug-likeness (QED) is 0.765. The molecule has 0 radical (unpaired) electrons. The molecule has 5 heteroatoms. The van der Waals surface area contributed by atoms with Gasteiger partial charge in [-0.2, -0.15) is 0 Å². The van der Waals surface area contributed by atoms with Crippen molar-refractivity contribution in [3.05, 3.63) is 43.4 Å². The van der Waals surface area contributed by atoms with E-state index in [1.807, 2.05) is 0 Å². The molecule has 0 amide bonds. The van der Waals surface area contributed by atoms with Crippen molar-refractivity contribution < 1.29 is 4.79 Å². The Balaban J connectivity index is 0.000000360. The number of nitrogens with two attached hydrogens (primary N) is 1. The maximum atomic E-state index is 10.2. The van der Waals surface area contributed by atoms with Gasteiger partial charge in [0.15, 0.2) is 5.78 Å². The first-order valence-corrected chi connectivity index (χ1v) is 5.25. The second kappa shape index (κ2) is 8.83. The molecule has 1 rings (SSSR count). The third kappa shape index (κ3) is 5.18. The van der Waals surface area contributed by atoms with Gasteiger partial charge in [-0.3, -0.25) is 4.79 Å². The number of carbonyl (C=O) groups excluding carboxylic acids is 1. The van der Waals surface area contributed by atoms with Crippen molar-refractivity contribution in [2.75, 3.05) is 19.3 Å². The van der Waals surface area contributed by atoms with Gasteiger partial charge in [0.05, 0.1) is 12.2 Å². The van der Waals surface area contributed by atoms with Crippen LogP contribution < -0.4 is 11.1 Å². The number of nitrogens with one attached hydrogen (secondary N) is 1. The molecule has 0 aliphatic carbocycles. The molecule has 1 aromatic rings.